The quantitative estimate of drug-likeness (QED) is 0.370. The summed E-state index contributed by atoms with van der Waals surface area (Å²) >= 11 is 0. The van der Waals surface area contributed by atoms with E-state index in [0.29, 0.717) is 12.5 Å². The molecule has 1 aliphatic heterocycles. The number of benzene rings is 2. The van der Waals surface area contributed by atoms with E-state index in [1.807, 2.05) is 12.3 Å². The van der Waals surface area contributed by atoms with Crippen LogP contribution in [0, 0.1) is 17.7 Å². The molecular weight excluding hydrogens is 491 g/mol. The van der Waals surface area contributed by atoms with Crippen molar-refractivity contribution in [3.05, 3.63) is 89.8 Å². The predicted molar refractivity (Wildman–Crippen MR) is 151 cm³/mol. The summed E-state index contributed by atoms with van der Waals surface area (Å²) in [6.07, 6.45) is 9.30. The van der Waals surface area contributed by atoms with Crippen molar-refractivity contribution in [1.29, 1.82) is 0 Å². The summed E-state index contributed by atoms with van der Waals surface area (Å²) in [4.78, 5) is 19.6. The fourth-order valence-electron chi connectivity index (χ4n) is 7.36. The van der Waals surface area contributed by atoms with Crippen LogP contribution in [0.1, 0.15) is 56.0 Å². The van der Waals surface area contributed by atoms with E-state index in [1.165, 1.54) is 18.7 Å². The highest BCUT2D eigenvalue weighted by molar-refractivity contribution is 5.67. The third kappa shape index (κ3) is 5.88. The molecule has 1 amide bonds. The molecule has 0 spiro atoms. The van der Waals surface area contributed by atoms with Gasteiger partial charge in [-0.2, -0.15) is 0 Å². The smallest absolute Gasteiger partial charge is 0.407 e. The van der Waals surface area contributed by atoms with Crippen LogP contribution in [0.25, 0.3) is 0 Å². The summed E-state index contributed by atoms with van der Waals surface area (Å²) in [6.45, 7) is 5.76. The van der Waals surface area contributed by atoms with Crippen LogP contribution in [0.2, 0.25) is 0 Å². The number of methoxy groups -OCH3 is 1. The molecule has 2 fully saturated rings. The molecule has 1 saturated heterocycles. The third-order valence-electron chi connectivity index (χ3n) is 9.14. The lowest BCUT2D eigenvalue weighted by molar-refractivity contribution is 0.0585. The number of likely N-dealkylation sites (tertiary alicyclic amines) is 1. The number of carbonyl (C=O) groups excluding carboxylic acids is 1. The molecule has 1 saturated carbocycles. The first-order valence-corrected chi connectivity index (χ1v) is 14.4. The van der Waals surface area contributed by atoms with E-state index in [-0.39, 0.29) is 23.2 Å². The lowest BCUT2D eigenvalue weighted by atomic mass is 9.58. The van der Waals surface area contributed by atoms with Gasteiger partial charge in [0.2, 0.25) is 0 Å². The minimum atomic E-state index is -0.394. The standard InChI is InChI=1S/C32H41FN4O2/c1-3-30-34-17-20-37(30)23-32(26-11-7-12-27(33)21-26,28-13-8-14-29(28)35-31(38)39-2)25-15-18-36(19-16-25)22-24-9-5-4-6-10-24/h4-7,9-12,17,20-21,25,28-29H,3,8,13-16,18-19,22-23H2,1-2H3,(H,35,38)/t28-,29-,32-/m0/s1. The van der Waals surface area contributed by atoms with Crippen molar-refractivity contribution in [3.63, 3.8) is 0 Å². The second-order valence-electron chi connectivity index (χ2n) is 11.2. The first-order chi connectivity index (χ1) is 19.0. The topological polar surface area (TPSA) is 59.4 Å². The van der Waals surface area contributed by atoms with Crippen molar-refractivity contribution in [1.82, 2.24) is 19.8 Å². The van der Waals surface area contributed by atoms with Gasteiger partial charge in [-0.1, -0.05) is 55.8 Å². The first kappa shape index (κ1) is 27.4. The summed E-state index contributed by atoms with van der Waals surface area (Å²) in [7, 11) is 1.42. The number of piperidine rings is 1. The average molecular weight is 533 g/mol. The SMILES string of the molecule is CCc1nccn1C[C@@](c1cccc(F)c1)(C1CCN(Cc2ccccc2)CC1)[C@H]1CCC[C@@H]1NC(=O)OC. The average Bonchev–Trinajstić information content (AvgIpc) is 3.62. The van der Waals surface area contributed by atoms with E-state index in [4.69, 9.17) is 4.74 Å². The van der Waals surface area contributed by atoms with Crippen LogP contribution in [0.3, 0.4) is 0 Å². The molecule has 1 aliphatic carbocycles. The molecule has 2 aromatic carbocycles. The zero-order valence-electron chi connectivity index (χ0n) is 23.2. The molecule has 0 bridgehead atoms. The molecule has 3 atom stereocenters. The Balaban J connectivity index is 1.54. The van der Waals surface area contributed by atoms with E-state index >= 15 is 0 Å². The molecule has 39 heavy (non-hydrogen) atoms. The number of nitrogens with zero attached hydrogens (tertiary/aromatic N) is 3. The molecule has 3 aromatic rings. The first-order valence-electron chi connectivity index (χ1n) is 14.4. The predicted octanol–water partition coefficient (Wildman–Crippen LogP) is 5.96. The maximum Gasteiger partial charge on any atom is 0.407 e. The Bertz CT molecular complexity index is 1220. The van der Waals surface area contributed by atoms with Gasteiger partial charge in [-0.3, -0.25) is 4.90 Å². The summed E-state index contributed by atoms with van der Waals surface area (Å²) < 4.78 is 22.2. The van der Waals surface area contributed by atoms with Gasteiger partial charge in [-0.15, -0.1) is 0 Å². The summed E-state index contributed by atoms with van der Waals surface area (Å²) in [6, 6.07) is 17.8. The van der Waals surface area contributed by atoms with Crippen LogP contribution in [0.4, 0.5) is 9.18 Å². The maximum absolute atomic E-state index is 14.9. The maximum atomic E-state index is 14.9. The number of amides is 1. The van der Waals surface area contributed by atoms with Gasteiger partial charge in [0.15, 0.2) is 0 Å². The molecule has 0 radical (unpaired) electrons. The Hall–Kier alpha value is -3.19. The van der Waals surface area contributed by atoms with Crippen LogP contribution >= 0.6 is 0 Å². The number of nitrogens with one attached hydrogen (secondary N) is 1. The Kier molecular flexibility index (Phi) is 8.66. The summed E-state index contributed by atoms with van der Waals surface area (Å²) in [5.41, 5.74) is 1.99. The molecule has 0 unspecified atom stereocenters. The Morgan fingerprint density at radius 1 is 1.10 bits per heavy atom. The zero-order valence-corrected chi connectivity index (χ0v) is 23.2. The number of rotatable bonds is 9. The number of halogens is 1. The second-order valence-corrected chi connectivity index (χ2v) is 11.2. The van der Waals surface area contributed by atoms with E-state index in [1.54, 1.807) is 6.07 Å². The molecule has 2 aliphatic rings. The van der Waals surface area contributed by atoms with Gasteiger partial charge in [0.25, 0.3) is 0 Å². The van der Waals surface area contributed by atoms with Crippen LogP contribution in [0.15, 0.2) is 67.0 Å². The number of aryl methyl sites for hydroxylation is 1. The van der Waals surface area contributed by atoms with E-state index in [9.17, 15) is 9.18 Å². The van der Waals surface area contributed by atoms with Crippen molar-refractivity contribution >= 4 is 6.09 Å². The number of hydrogen-bond acceptors (Lipinski definition) is 4. The van der Waals surface area contributed by atoms with Gasteiger partial charge in [-0.05, 0) is 73.9 Å². The van der Waals surface area contributed by atoms with Gasteiger partial charge in [0, 0.05) is 43.4 Å². The highest BCUT2D eigenvalue weighted by Gasteiger charge is 2.52. The lowest BCUT2D eigenvalue weighted by Gasteiger charge is -2.51. The molecule has 5 rings (SSSR count). The van der Waals surface area contributed by atoms with Crippen molar-refractivity contribution in [3.8, 4) is 0 Å². The van der Waals surface area contributed by atoms with Crippen molar-refractivity contribution in [2.75, 3.05) is 20.2 Å². The number of hydrogen-bond donors (Lipinski definition) is 1. The second kappa shape index (κ2) is 12.3. The van der Waals surface area contributed by atoms with Crippen LogP contribution < -0.4 is 5.32 Å². The summed E-state index contributed by atoms with van der Waals surface area (Å²) in [5.74, 6) is 1.29. The molecule has 1 N–H and O–H groups in total. The van der Waals surface area contributed by atoms with E-state index < -0.39 is 6.09 Å². The largest absolute Gasteiger partial charge is 0.453 e. The monoisotopic (exact) mass is 532 g/mol. The van der Waals surface area contributed by atoms with Gasteiger partial charge in [0.1, 0.15) is 11.6 Å². The van der Waals surface area contributed by atoms with Crippen LogP contribution in [-0.2, 0) is 29.7 Å². The normalized spacial score (nSPS) is 21.9. The number of alkyl carbamates (subject to hydrolysis) is 1. The molecular formula is C32H41FN4O2. The number of carbonyl (C=O) groups is 1. The third-order valence-corrected chi connectivity index (χ3v) is 9.14. The van der Waals surface area contributed by atoms with E-state index in [0.717, 1.165) is 69.5 Å². The number of ether oxygens (including phenoxy) is 1. The molecule has 7 heteroatoms. The number of aromatic nitrogens is 2. The lowest BCUT2D eigenvalue weighted by Crippen LogP contribution is -2.55. The van der Waals surface area contributed by atoms with Gasteiger partial charge >= 0.3 is 6.09 Å². The highest BCUT2D eigenvalue weighted by atomic mass is 19.1. The van der Waals surface area contributed by atoms with Gasteiger partial charge in [0.05, 0.1) is 7.11 Å². The Morgan fingerprint density at radius 3 is 2.62 bits per heavy atom. The fraction of sp³-hybridized carbons (Fsp3) is 0.500. The zero-order chi connectivity index (χ0) is 27.2. The molecule has 1 aromatic heterocycles. The minimum Gasteiger partial charge on any atom is -0.453 e. The highest BCUT2D eigenvalue weighted by Crippen LogP contribution is 2.52. The van der Waals surface area contributed by atoms with Crippen molar-refractivity contribution in [2.45, 2.75) is 70.0 Å². The molecule has 2 heterocycles. The Labute approximate surface area is 231 Å². The van der Waals surface area contributed by atoms with Crippen LogP contribution in [-0.4, -0.2) is 46.8 Å². The minimum absolute atomic E-state index is 0.0309. The fourth-order valence-corrected chi connectivity index (χ4v) is 7.36. The molecule has 208 valence electrons. The number of imidazole rings is 1. The molecule has 6 nitrogen and oxygen atoms in total. The van der Waals surface area contributed by atoms with Crippen LogP contribution in [0.5, 0.6) is 0 Å². The van der Waals surface area contributed by atoms with Gasteiger partial charge in [-0.25, -0.2) is 14.2 Å². The van der Waals surface area contributed by atoms with E-state index in [2.05, 4.69) is 69.3 Å². The van der Waals surface area contributed by atoms with Crippen molar-refractivity contribution < 1.29 is 13.9 Å². The van der Waals surface area contributed by atoms with Gasteiger partial charge < -0.3 is 14.6 Å². The summed E-state index contributed by atoms with van der Waals surface area (Å²) in [5, 5.41) is 3.17. The Morgan fingerprint density at radius 2 is 1.90 bits per heavy atom. The van der Waals surface area contributed by atoms with Crippen molar-refractivity contribution in [2.24, 2.45) is 11.8 Å².